The molecule has 0 saturated carbocycles. The van der Waals surface area contributed by atoms with E-state index in [1.807, 2.05) is 18.2 Å². The van der Waals surface area contributed by atoms with E-state index >= 15 is 0 Å². The molecule has 1 heterocycles. The van der Waals surface area contributed by atoms with Crippen LogP contribution in [0.2, 0.25) is 0 Å². The summed E-state index contributed by atoms with van der Waals surface area (Å²) in [4.78, 5) is 13.2. The largest absolute Gasteiger partial charge is 0.465 e. The molecule has 0 aliphatic rings. The molecule has 29 heavy (non-hydrogen) atoms. The van der Waals surface area contributed by atoms with E-state index in [9.17, 15) is 18.7 Å². The number of carbonyl (C=O) groups is 1. The monoisotopic (exact) mass is 401 g/mol. The number of rotatable bonds is 5. The average molecular weight is 401 g/mol. The molecule has 3 rings (SSSR count). The van der Waals surface area contributed by atoms with Gasteiger partial charge in [0.25, 0.3) is 0 Å². The first-order valence-electron chi connectivity index (χ1n) is 9.01. The first-order chi connectivity index (χ1) is 13.6. The predicted octanol–water partition coefficient (Wildman–Crippen LogP) is 5.08. The van der Waals surface area contributed by atoms with Crippen molar-refractivity contribution in [3.05, 3.63) is 71.6 Å². The Hall–Kier alpha value is -3.29. The van der Waals surface area contributed by atoms with Gasteiger partial charge in [-0.25, -0.2) is 13.6 Å². The van der Waals surface area contributed by atoms with Crippen molar-refractivity contribution in [3.63, 3.8) is 0 Å². The van der Waals surface area contributed by atoms with Crippen LogP contribution in [0.1, 0.15) is 38.3 Å². The molecule has 0 spiro atoms. The highest BCUT2D eigenvalue weighted by Gasteiger charge is 2.37. The van der Waals surface area contributed by atoms with E-state index in [0.29, 0.717) is 5.56 Å². The van der Waals surface area contributed by atoms with Crippen LogP contribution in [0.25, 0.3) is 11.5 Å². The number of hydrogen-bond acceptors (Lipinski definition) is 4. The highest BCUT2D eigenvalue weighted by Crippen LogP contribution is 2.32. The Balaban J connectivity index is 2.05. The Morgan fingerprint density at radius 3 is 2.28 bits per heavy atom. The van der Waals surface area contributed by atoms with E-state index in [0.717, 1.165) is 23.1 Å². The van der Waals surface area contributed by atoms with Gasteiger partial charge in [-0.3, -0.25) is 4.90 Å². The molecule has 2 aromatic carbocycles. The van der Waals surface area contributed by atoms with Crippen molar-refractivity contribution in [2.24, 2.45) is 0 Å². The van der Waals surface area contributed by atoms with Crippen molar-refractivity contribution < 1.29 is 23.1 Å². The second kappa shape index (κ2) is 7.98. The summed E-state index contributed by atoms with van der Waals surface area (Å²) >= 11 is 0. The molecule has 1 atom stereocenters. The van der Waals surface area contributed by atoms with Crippen molar-refractivity contribution >= 4 is 6.09 Å². The quantitative estimate of drug-likeness (QED) is 0.645. The van der Waals surface area contributed by atoms with Crippen LogP contribution in [-0.4, -0.2) is 31.8 Å². The van der Waals surface area contributed by atoms with Gasteiger partial charge in [-0.1, -0.05) is 18.2 Å². The van der Waals surface area contributed by atoms with Crippen LogP contribution in [0.4, 0.5) is 13.6 Å². The fourth-order valence-corrected chi connectivity index (χ4v) is 3.20. The summed E-state index contributed by atoms with van der Waals surface area (Å²) in [5.74, 6) is -1.21. The van der Waals surface area contributed by atoms with Crippen molar-refractivity contribution in [2.45, 2.75) is 38.8 Å². The first-order valence-corrected chi connectivity index (χ1v) is 9.01. The highest BCUT2D eigenvalue weighted by atomic mass is 19.1. The van der Waals surface area contributed by atoms with Gasteiger partial charge in [0.2, 0.25) is 11.8 Å². The normalized spacial score (nSPS) is 12.6. The second-order valence-corrected chi connectivity index (χ2v) is 7.63. The van der Waals surface area contributed by atoms with Crippen LogP contribution in [0.15, 0.2) is 52.9 Å². The lowest BCUT2D eigenvalue weighted by Crippen LogP contribution is -2.48. The zero-order valence-electron chi connectivity index (χ0n) is 16.3. The minimum atomic E-state index is -1.21. The molecule has 0 aliphatic carbocycles. The van der Waals surface area contributed by atoms with E-state index in [1.165, 1.54) is 0 Å². The fourth-order valence-electron chi connectivity index (χ4n) is 3.20. The number of halogens is 2. The summed E-state index contributed by atoms with van der Waals surface area (Å²) in [7, 11) is 0. The van der Waals surface area contributed by atoms with E-state index in [2.05, 4.69) is 10.2 Å². The number of hydrogen-bond donors (Lipinski definition) is 1. The zero-order chi connectivity index (χ0) is 21.2. The molecule has 0 saturated heterocycles. The van der Waals surface area contributed by atoms with Crippen molar-refractivity contribution in [1.82, 2.24) is 15.1 Å². The third kappa shape index (κ3) is 4.77. The maximum atomic E-state index is 13.7. The minimum Gasteiger partial charge on any atom is -0.465 e. The van der Waals surface area contributed by atoms with Gasteiger partial charge in [0.15, 0.2) is 0 Å². The summed E-state index contributed by atoms with van der Waals surface area (Å²) in [6.07, 6.45) is -1.24. The zero-order valence-corrected chi connectivity index (χ0v) is 16.3. The number of carboxylic acid groups (broad SMARTS) is 1. The number of nitrogens with zero attached hydrogens (tertiary/aromatic N) is 3. The Morgan fingerprint density at radius 1 is 1.10 bits per heavy atom. The molecular formula is C21H21F2N3O3. The average Bonchev–Trinajstić information content (AvgIpc) is 3.09. The van der Waals surface area contributed by atoms with E-state index in [1.54, 1.807) is 32.9 Å². The van der Waals surface area contributed by atoms with Gasteiger partial charge in [0.1, 0.15) is 17.7 Å². The van der Waals surface area contributed by atoms with Gasteiger partial charge in [-0.2, -0.15) is 0 Å². The molecule has 0 fully saturated rings. The molecule has 152 valence electrons. The number of amides is 1. The molecule has 1 N–H and O–H groups in total. The molecular weight excluding hydrogens is 380 g/mol. The van der Waals surface area contributed by atoms with E-state index in [-0.39, 0.29) is 23.8 Å². The third-order valence-corrected chi connectivity index (χ3v) is 4.34. The Morgan fingerprint density at radius 2 is 1.72 bits per heavy atom. The van der Waals surface area contributed by atoms with Crippen LogP contribution in [0.5, 0.6) is 0 Å². The molecule has 1 aromatic heterocycles. The fraction of sp³-hybridized carbons (Fsp3) is 0.286. The molecule has 8 heteroatoms. The van der Waals surface area contributed by atoms with E-state index < -0.39 is 29.3 Å². The Bertz CT molecular complexity index is 980. The second-order valence-electron chi connectivity index (χ2n) is 7.63. The van der Waals surface area contributed by atoms with Gasteiger partial charge >= 0.3 is 6.09 Å². The third-order valence-electron chi connectivity index (χ3n) is 4.34. The van der Waals surface area contributed by atoms with Crippen molar-refractivity contribution in [2.75, 3.05) is 0 Å². The van der Waals surface area contributed by atoms with Gasteiger partial charge < -0.3 is 9.52 Å². The van der Waals surface area contributed by atoms with Crippen molar-refractivity contribution in [3.8, 4) is 11.5 Å². The van der Waals surface area contributed by atoms with Gasteiger partial charge in [-0.15, -0.1) is 10.2 Å². The van der Waals surface area contributed by atoms with Crippen LogP contribution in [-0.2, 0) is 6.42 Å². The predicted molar refractivity (Wildman–Crippen MR) is 102 cm³/mol. The van der Waals surface area contributed by atoms with Crippen LogP contribution in [0, 0.1) is 11.6 Å². The van der Waals surface area contributed by atoms with Crippen LogP contribution >= 0.6 is 0 Å². The summed E-state index contributed by atoms with van der Waals surface area (Å²) in [5.41, 5.74) is 0.130. The topological polar surface area (TPSA) is 79.5 Å². The Kier molecular flexibility index (Phi) is 5.63. The van der Waals surface area contributed by atoms with Crippen molar-refractivity contribution in [1.29, 1.82) is 0 Å². The molecule has 3 aromatic rings. The lowest BCUT2D eigenvalue weighted by molar-refractivity contribution is 0.0604. The minimum absolute atomic E-state index is 0.0331. The number of aromatic nitrogens is 2. The lowest BCUT2D eigenvalue weighted by atomic mass is 9.98. The summed E-state index contributed by atoms with van der Waals surface area (Å²) < 4.78 is 33.1. The molecule has 0 unspecified atom stereocenters. The van der Waals surface area contributed by atoms with E-state index in [4.69, 9.17) is 4.42 Å². The summed E-state index contributed by atoms with van der Waals surface area (Å²) in [6.45, 7) is 5.15. The van der Waals surface area contributed by atoms with Gasteiger partial charge in [-0.05, 0) is 50.6 Å². The summed E-state index contributed by atoms with van der Waals surface area (Å²) in [6, 6.07) is 11.2. The highest BCUT2D eigenvalue weighted by molar-refractivity contribution is 5.66. The SMILES string of the molecule is CC(C)(C)N(C(=O)O)[C@@H](Cc1cc(F)cc(F)c1)c1nnc(-c2ccccc2)o1. The maximum Gasteiger partial charge on any atom is 0.408 e. The molecule has 0 radical (unpaired) electrons. The van der Waals surface area contributed by atoms with Crippen LogP contribution < -0.4 is 0 Å². The molecule has 0 bridgehead atoms. The number of benzene rings is 2. The van der Waals surface area contributed by atoms with Crippen LogP contribution in [0.3, 0.4) is 0 Å². The molecule has 1 amide bonds. The summed E-state index contributed by atoms with van der Waals surface area (Å²) in [5, 5.41) is 17.9. The molecule has 0 aliphatic heterocycles. The Labute approximate surface area is 166 Å². The van der Waals surface area contributed by atoms with Gasteiger partial charge in [0.05, 0.1) is 0 Å². The van der Waals surface area contributed by atoms with Gasteiger partial charge in [0, 0.05) is 23.6 Å². The first kappa shape index (κ1) is 20.4. The molecule has 6 nitrogen and oxygen atoms in total. The standard InChI is InChI=1S/C21H21F2N3O3/c1-21(2,3)26(20(27)28)17(11-13-9-15(22)12-16(23)10-13)19-25-24-18(29-19)14-7-5-4-6-8-14/h4-10,12,17H,11H2,1-3H3,(H,27,28)/t17-/m0/s1. The lowest BCUT2D eigenvalue weighted by Gasteiger charge is -2.38. The smallest absolute Gasteiger partial charge is 0.408 e. The maximum absolute atomic E-state index is 13.7.